The van der Waals surface area contributed by atoms with E-state index >= 15 is 0 Å². The molecule has 10 heterocycles. The average molecular weight is 1790 g/mol. The van der Waals surface area contributed by atoms with Gasteiger partial charge in [-0.25, -0.2) is 9.98 Å². The Morgan fingerprint density at radius 2 is 0.551 bits per heavy atom. The van der Waals surface area contributed by atoms with E-state index in [2.05, 4.69) is 498 Å². The first-order chi connectivity index (χ1) is 67.1. The van der Waals surface area contributed by atoms with Crippen molar-refractivity contribution in [1.82, 2.24) is 57.8 Å². The summed E-state index contributed by atoms with van der Waals surface area (Å²) in [6, 6.07) is 136. The highest BCUT2D eigenvalue weighted by Gasteiger charge is 2.37. The Kier molecular flexibility index (Phi) is 17.7. The highest BCUT2D eigenvalue weighted by molar-refractivity contribution is 6.30. The summed E-state index contributed by atoms with van der Waals surface area (Å²) in [5.74, 6) is 1.51. The van der Waals surface area contributed by atoms with Gasteiger partial charge in [-0.1, -0.05) is 313 Å². The van der Waals surface area contributed by atoms with Gasteiger partial charge in [-0.2, -0.15) is 0 Å². The fourth-order valence-electron chi connectivity index (χ4n) is 23.6. The van der Waals surface area contributed by atoms with E-state index in [9.17, 15) is 0 Å². The number of benzene rings is 17. The smallest absolute Gasteiger partial charge is 0.207 e. The van der Waals surface area contributed by atoms with Crippen LogP contribution in [0.1, 0.15) is 128 Å². The molecule has 0 spiro atoms. The Labute approximate surface area is 798 Å². The third-order valence-electron chi connectivity index (χ3n) is 30.2. The fourth-order valence-corrected chi connectivity index (χ4v) is 23.6. The molecular weight excluding hydrogens is 1690 g/mol. The first kappa shape index (κ1) is 81.5. The first-order valence-corrected chi connectivity index (χ1v) is 48.6. The standard InChI is InChI=1S/C124H104N14/c1-121(2,3)76-50-63-104-96(68-76)91-58-60-93-97-69-77(122(4,5)6)51-64-106(97)135(114(93)110(91)133(104)82-39-23-15-24-40-82)117-125-73-126-118(129-117)136-107-65-52-78(123(7,8)9)70-98(107)94-61-59-92-99-71-79(53-66-105(99)134(111(92)115(94)136)83-41-25-16-26-42-83)124(10,11)72-74-49-62-103-95(67-74)90-57-56-89-86-45-29-32-48-102(86)138(113(89)109(90)132(103)81-37-21-14-22-38-81)120-128-116(75-33-17-12-18-34-75)127-119(130-120)137-101-47-31-28-44-85(101)88-55-54-87-84-43-27-30-46-100(84)131(108(87)112(88)137)80-35-19-13-20-36-80/h12-71,116-117,120,125,128H,72-73H2,1-11H3,(H,126,129)(H,127,130). The zero-order valence-electron chi connectivity index (χ0n) is 79.3. The second-order valence-electron chi connectivity index (χ2n) is 42.0. The predicted molar refractivity (Wildman–Crippen MR) is 578 cm³/mol. The van der Waals surface area contributed by atoms with E-state index in [4.69, 9.17) is 9.98 Å². The molecule has 14 nitrogen and oxygen atoms in total. The quantitative estimate of drug-likeness (QED) is 0.109. The number of hydrogen-bond acceptors (Lipinski definition) is 6. The summed E-state index contributed by atoms with van der Waals surface area (Å²) in [6.07, 6.45) is -0.689. The molecule has 8 aromatic heterocycles. The van der Waals surface area contributed by atoms with Crippen LogP contribution in [0.4, 0.5) is 0 Å². The summed E-state index contributed by atoms with van der Waals surface area (Å²) >= 11 is 0. The maximum atomic E-state index is 5.86. The minimum atomic E-state index is -0.534. The van der Waals surface area contributed by atoms with E-state index in [0.29, 0.717) is 6.67 Å². The zero-order chi connectivity index (χ0) is 92.8. The van der Waals surface area contributed by atoms with Crippen LogP contribution in [0.25, 0.3) is 197 Å². The van der Waals surface area contributed by atoms with E-state index in [1.54, 1.807) is 0 Å². The van der Waals surface area contributed by atoms with Gasteiger partial charge in [-0.15, -0.1) is 0 Å². The number of aliphatic imine (C=N–C) groups is 2. The minimum Gasteiger partial charge on any atom is -0.323 e. The molecule has 17 aromatic carbocycles. The van der Waals surface area contributed by atoms with Crippen LogP contribution in [0.2, 0.25) is 0 Å². The molecule has 2 aliphatic rings. The molecule has 0 amide bonds. The van der Waals surface area contributed by atoms with E-state index < -0.39 is 18.7 Å². The molecule has 3 atom stereocenters. The summed E-state index contributed by atoms with van der Waals surface area (Å²) in [5.41, 5.74) is 29.1. The van der Waals surface area contributed by atoms with Crippen LogP contribution in [0.15, 0.2) is 374 Å². The zero-order valence-corrected chi connectivity index (χ0v) is 79.3. The van der Waals surface area contributed by atoms with Gasteiger partial charge in [0.2, 0.25) is 11.9 Å². The third-order valence-corrected chi connectivity index (χ3v) is 30.2. The van der Waals surface area contributed by atoms with E-state index in [0.717, 1.165) is 156 Å². The maximum absolute atomic E-state index is 5.86. The Morgan fingerprint density at radius 1 is 0.254 bits per heavy atom. The number of nitrogens with zero attached hydrogens (tertiary/aromatic N) is 10. The lowest BCUT2D eigenvalue weighted by atomic mass is 9.78. The molecular formula is C124H104N14. The second-order valence-corrected chi connectivity index (χ2v) is 42.0. The van der Waals surface area contributed by atoms with Crippen LogP contribution in [0, 0.1) is 0 Å². The summed E-state index contributed by atoms with van der Waals surface area (Å²) in [6.45, 7) is 26.1. The van der Waals surface area contributed by atoms with Crippen molar-refractivity contribution in [1.29, 1.82) is 0 Å². The van der Waals surface area contributed by atoms with Gasteiger partial charge in [0, 0.05) is 109 Å². The molecule has 0 saturated carbocycles. The molecule has 2 aliphatic heterocycles. The molecule has 4 N–H and O–H groups in total. The number of fused-ring (bicyclic) bond motifs is 28. The summed E-state index contributed by atoms with van der Waals surface area (Å²) in [5, 5.41) is 35.5. The van der Waals surface area contributed by atoms with Crippen molar-refractivity contribution in [2.45, 2.75) is 123 Å². The Hall–Kier alpha value is -16.0. The van der Waals surface area contributed by atoms with Gasteiger partial charge in [0.1, 0.15) is 6.17 Å². The van der Waals surface area contributed by atoms with Crippen molar-refractivity contribution in [3.05, 3.63) is 397 Å². The van der Waals surface area contributed by atoms with Gasteiger partial charge in [0.15, 0.2) is 12.6 Å². The molecule has 670 valence electrons. The average Bonchev–Trinajstić information content (AvgIpc) is 1.54. The number of para-hydroxylation sites is 7. The van der Waals surface area contributed by atoms with Gasteiger partial charge in [-0.3, -0.25) is 19.8 Å². The number of aromatic nitrogens is 8. The lowest BCUT2D eigenvalue weighted by Crippen LogP contribution is -2.49. The monoisotopic (exact) mass is 1790 g/mol. The van der Waals surface area contributed by atoms with Crippen LogP contribution >= 0.6 is 0 Å². The largest absolute Gasteiger partial charge is 0.323 e. The van der Waals surface area contributed by atoms with Crippen molar-refractivity contribution < 1.29 is 0 Å². The van der Waals surface area contributed by atoms with Gasteiger partial charge in [0.25, 0.3) is 0 Å². The van der Waals surface area contributed by atoms with Gasteiger partial charge in [0.05, 0.1) is 94.9 Å². The maximum Gasteiger partial charge on any atom is 0.207 e. The van der Waals surface area contributed by atoms with E-state index in [-0.39, 0.29) is 21.7 Å². The summed E-state index contributed by atoms with van der Waals surface area (Å²) in [7, 11) is 0. The molecule has 0 saturated heterocycles. The number of nitrogens with one attached hydrogen (secondary N) is 4. The van der Waals surface area contributed by atoms with Crippen molar-refractivity contribution in [3.8, 4) is 22.7 Å². The second kappa shape index (κ2) is 30.0. The molecule has 27 rings (SSSR count). The Balaban J connectivity index is 0.614. The molecule has 138 heavy (non-hydrogen) atoms. The normalized spacial score (nSPS) is 15.6. The first-order valence-electron chi connectivity index (χ1n) is 48.6. The molecule has 0 bridgehead atoms. The van der Waals surface area contributed by atoms with Crippen LogP contribution in [-0.2, 0) is 28.1 Å². The minimum absolute atomic E-state index is 0.0589. The van der Waals surface area contributed by atoms with Crippen LogP contribution in [0.3, 0.4) is 0 Å². The summed E-state index contributed by atoms with van der Waals surface area (Å²) in [4.78, 5) is 11.5. The highest BCUT2D eigenvalue weighted by atomic mass is 15.5. The molecule has 0 radical (unpaired) electrons. The van der Waals surface area contributed by atoms with E-state index in [1.165, 1.54) is 92.6 Å². The third kappa shape index (κ3) is 12.2. The Morgan fingerprint density at radius 3 is 1.01 bits per heavy atom. The van der Waals surface area contributed by atoms with Crippen molar-refractivity contribution in [2.75, 3.05) is 6.67 Å². The predicted octanol–water partition coefficient (Wildman–Crippen LogP) is 29.7. The van der Waals surface area contributed by atoms with Crippen molar-refractivity contribution in [3.63, 3.8) is 0 Å². The fraction of sp³-hybridized carbons (Fsp3) is 0.161. The summed E-state index contributed by atoms with van der Waals surface area (Å²) < 4.78 is 20.0. The number of rotatable bonds is 10. The topological polar surface area (TPSA) is 112 Å². The Bertz CT molecular complexity index is 9490. The van der Waals surface area contributed by atoms with Crippen LogP contribution in [0.5, 0.6) is 0 Å². The van der Waals surface area contributed by atoms with Crippen molar-refractivity contribution in [2.24, 2.45) is 9.98 Å². The van der Waals surface area contributed by atoms with Crippen LogP contribution in [-0.4, -0.2) is 55.1 Å². The van der Waals surface area contributed by atoms with Gasteiger partial charge < -0.3 is 38.0 Å². The molecule has 25 aromatic rings. The van der Waals surface area contributed by atoms with Crippen LogP contribution < -0.4 is 21.3 Å². The SMILES string of the molecule is CC(C)(C)c1ccc2c(c1)c1ccc3c4cc(C(C)(C)Cc5ccc6c(c5)c5ccc7c8ccccc8n(C8NC(n9c%10ccccc%10c%10ccc%11c%12ccccc%12n(-c%12ccccc%12)c%11c%109)=NC(c9ccccc9)N8)c7c5n6-c5ccccc5)ccc4n(-c4ccccc4)c3c1n2C1=NCNC(n2c3ccc(C(C)(C)C)cc3c3ccc4c5cc(C(C)(C)C)ccc5n(-c5ccccc5)c4c32)N1. The lowest BCUT2D eigenvalue weighted by molar-refractivity contribution is 0.325. The van der Waals surface area contributed by atoms with Crippen molar-refractivity contribution >= 4 is 186 Å². The highest BCUT2D eigenvalue weighted by Crippen LogP contribution is 2.51. The molecule has 14 heteroatoms. The number of hydrogen-bond donors (Lipinski definition) is 4. The molecule has 0 fully saturated rings. The van der Waals surface area contributed by atoms with E-state index in [1.807, 2.05) is 0 Å². The molecule has 3 unspecified atom stereocenters. The lowest BCUT2D eigenvalue weighted by Gasteiger charge is -2.34. The molecule has 0 aliphatic carbocycles. The van der Waals surface area contributed by atoms with Gasteiger partial charge >= 0.3 is 0 Å². The van der Waals surface area contributed by atoms with Gasteiger partial charge in [-0.05, 0) is 189 Å².